The van der Waals surface area contributed by atoms with Gasteiger partial charge in [0, 0.05) is 19.2 Å². The van der Waals surface area contributed by atoms with Crippen LogP contribution in [0, 0.1) is 12.3 Å². The first-order valence-corrected chi connectivity index (χ1v) is 7.78. The van der Waals surface area contributed by atoms with E-state index in [9.17, 15) is 13.2 Å². The number of rotatable bonds is 3. The van der Waals surface area contributed by atoms with Gasteiger partial charge in [-0.15, -0.1) is 6.42 Å². The summed E-state index contributed by atoms with van der Waals surface area (Å²) in [6.45, 7) is 2.14. The molecular formula is C14H16N2O3S. The van der Waals surface area contributed by atoms with Crippen molar-refractivity contribution in [1.29, 1.82) is 0 Å². The van der Waals surface area contributed by atoms with E-state index in [-0.39, 0.29) is 17.3 Å². The molecule has 1 aliphatic rings. The molecule has 0 atom stereocenters. The topological polar surface area (TPSA) is 66.5 Å². The van der Waals surface area contributed by atoms with E-state index in [0.717, 1.165) is 24.1 Å². The Morgan fingerprint density at radius 1 is 1.50 bits per heavy atom. The number of hydrogen-bond acceptors (Lipinski definition) is 3. The number of terminal acetylenes is 1. The highest BCUT2D eigenvalue weighted by atomic mass is 32.2. The second-order valence-electron chi connectivity index (χ2n) is 4.59. The van der Waals surface area contributed by atoms with Gasteiger partial charge in [-0.05, 0) is 36.6 Å². The van der Waals surface area contributed by atoms with Crippen LogP contribution in [0.3, 0.4) is 0 Å². The van der Waals surface area contributed by atoms with Gasteiger partial charge < -0.3 is 4.90 Å². The SMILES string of the molecule is C#CCNS(=O)(=O)c1ccc2c(c1)CCCN2C(C)=O. The molecule has 0 unspecified atom stereocenters. The number of nitrogens with one attached hydrogen (secondary N) is 1. The van der Waals surface area contributed by atoms with Gasteiger partial charge in [-0.1, -0.05) is 5.92 Å². The minimum absolute atomic E-state index is 0.0352. The average molecular weight is 292 g/mol. The molecule has 1 N–H and O–H groups in total. The van der Waals surface area contributed by atoms with Crippen LogP contribution in [0.15, 0.2) is 23.1 Å². The summed E-state index contributed by atoms with van der Waals surface area (Å²) in [5, 5.41) is 0. The number of hydrogen-bond donors (Lipinski definition) is 1. The second kappa shape index (κ2) is 5.65. The monoisotopic (exact) mass is 292 g/mol. The molecule has 1 aromatic rings. The van der Waals surface area contributed by atoms with Gasteiger partial charge in [-0.2, -0.15) is 4.72 Å². The van der Waals surface area contributed by atoms with Crippen molar-refractivity contribution in [3.63, 3.8) is 0 Å². The van der Waals surface area contributed by atoms with E-state index in [1.54, 1.807) is 17.0 Å². The highest BCUT2D eigenvalue weighted by Gasteiger charge is 2.22. The number of nitrogens with zero attached hydrogens (tertiary/aromatic N) is 1. The lowest BCUT2D eigenvalue weighted by atomic mass is 10.0. The van der Waals surface area contributed by atoms with Crippen molar-refractivity contribution in [2.75, 3.05) is 18.0 Å². The Kier molecular flexibility index (Phi) is 4.12. The van der Waals surface area contributed by atoms with E-state index in [1.165, 1.54) is 13.0 Å². The molecule has 20 heavy (non-hydrogen) atoms. The van der Waals surface area contributed by atoms with Crippen molar-refractivity contribution in [2.24, 2.45) is 0 Å². The minimum Gasteiger partial charge on any atom is -0.312 e. The van der Waals surface area contributed by atoms with Crippen molar-refractivity contribution in [3.8, 4) is 12.3 Å². The Morgan fingerprint density at radius 3 is 2.90 bits per heavy atom. The molecular weight excluding hydrogens is 276 g/mol. The molecule has 2 rings (SSSR count). The average Bonchev–Trinajstić information content (AvgIpc) is 2.43. The van der Waals surface area contributed by atoms with E-state index in [1.807, 2.05) is 0 Å². The zero-order chi connectivity index (χ0) is 14.8. The van der Waals surface area contributed by atoms with Crippen molar-refractivity contribution in [1.82, 2.24) is 4.72 Å². The summed E-state index contributed by atoms with van der Waals surface area (Å²) >= 11 is 0. The Hall–Kier alpha value is -1.84. The van der Waals surface area contributed by atoms with E-state index >= 15 is 0 Å². The number of fused-ring (bicyclic) bond motifs is 1. The Morgan fingerprint density at radius 2 is 2.25 bits per heavy atom. The Bertz CT molecular complexity index is 674. The van der Waals surface area contributed by atoms with Gasteiger partial charge in [0.2, 0.25) is 15.9 Å². The second-order valence-corrected chi connectivity index (χ2v) is 6.36. The van der Waals surface area contributed by atoms with Crippen molar-refractivity contribution in [3.05, 3.63) is 23.8 Å². The smallest absolute Gasteiger partial charge is 0.241 e. The fraction of sp³-hybridized carbons (Fsp3) is 0.357. The summed E-state index contributed by atoms with van der Waals surface area (Å²) in [6.07, 6.45) is 6.64. The lowest BCUT2D eigenvalue weighted by molar-refractivity contribution is -0.116. The lowest BCUT2D eigenvalue weighted by Gasteiger charge is -2.28. The van der Waals surface area contributed by atoms with Gasteiger partial charge in [-0.3, -0.25) is 4.79 Å². The maximum atomic E-state index is 12.0. The molecule has 0 spiro atoms. The summed E-state index contributed by atoms with van der Waals surface area (Å²) in [4.78, 5) is 13.4. The molecule has 0 fully saturated rings. The molecule has 106 valence electrons. The predicted octanol–water partition coefficient (Wildman–Crippen LogP) is 0.897. The molecule has 0 aliphatic carbocycles. The van der Waals surface area contributed by atoms with Crippen LogP contribution in [0.5, 0.6) is 0 Å². The highest BCUT2D eigenvalue weighted by Crippen LogP contribution is 2.29. The Balaban J connectivity index is 2.38. The third-order valence-electron chi connectivity index (χ3n) is 3.22. The fourth-order valence-corrected chi connectivity index (χ4v) is 3.27. The largest absolute Gasteiger partial charge is 0.312 e. The van der Waals surface area contributed by atoms with Crippen LogP contribution in [0.25, 0.3) is 0 Å². The molecule has 1 aliphatic heterocycles. The first kappa shape index (κ1) is 14.6. The predicted molar refractivity (Wildman–Crippen MR) is 76.8 cm³/mol. The molecule has 5 nitrogen and oxygen atoms in total. The van der Waals surface area contributed by atoms with Gasteiger partial charge in [0.1, 0.15) is 0 Å². The van der Waals surface area contributed by atoms with Crippen molar-refractivity contribution < 1.29 is 13.2 Å². The molecule has 0 radical (unpaired) electrons. The maximum Gasteiger partial charge on any atom is 0.241 e. The fourth-order valence-electron chi connectivity index (χ4n) is 2.29. The minimum atomic E-state index is -3.59. The number of aryl methyl sites for hydroxylation is 1. The van der Waals surface area contributed by atoms with Crippen LogP contribution in [-0.4, -0.2) is 27.4 Å². The van der Waals surface area contributed by atoms with Crippen LogP contribution < -0.4 is 9.62 Å². The number of carbonyl (C=O) groups is 1. The maximum absolute atomic E-state index is 12.0. The van der Waals surface area contributed by atoms with Crippen LogP contribution in [0.2, 0.25) is 0 Å². The quantitative estimate of drug-likeness (QED) is 0.842. The van der Waals surface area contributed by atoms with Gasteiger partial charge in [-0.25, -0.2) is 8.42 Å². The van der Waals surface area contributed by atoms with E-state index in [0.29, 0.717) is 6.54 Å². The summed E-state index contributed by atoms with van der Waals surface area (Å²) < 4.78 is 26.3. The third kappa shape index (κ3) is 2.84. The molecule has 6 heteroatoms. The molecule has 1 aromatic carbocycles. The molecule has 0 saturated carbocycles. The molecule has 1 heterocycles. The molecule has 1 amide bonds. The van der Waals surface area contributed by atoms with E-state index in [2.05, 4.69) is 10.6 Å². The van der Waals surface area contributed by atoms with Crippen molar-refractivity contribution >= 4 is 21.6 Å². The summed E-state index contributed by atoms with van der Waals surface area (Å²) in [6, 6.07) is 4.79. The summed E-state index contributed by atoms with van der Waals surface area (Å²) in [7, 11) is -3.59. The third-order valence-corrected chi connectivity index (χ3v) is 4.62. The summed E-state index contributed by atoms with van der Waals surface area (Å²) in [5.74, 6) is 2.20. The number of amides is 1. The molecule has 0 aromatic heterocycles. The number of sulfonamides is 1. The molecule has 0 bridgehead atoms. The van der Waals surface area contributed by atoms with Crippen LogP contribution in [0.4, 0.5) is 5.69 Å². The standard InChI is InChI=1S/C14H16N2O3S/c1-3-8-15-20(18,19)13-6-7-14-12(10-13)5-4-9-16(14)11(2)17/h1,6-7,10,15H,4-5,8-9H2,2H3. The Labute approximate surface area is 119 Å². The van der Waals surface area contributed by atoms with Crippen LogP contribution >= 0.6 is 0 Å². The first-order valence-electron chi connectivity index (χ1n) is 6.30. The van der Waals surface area contributed by atoms with Gasteiger partial charge in [0.15, 0.2) is 0 Å². The zero-order valence-electron chi connectivity index (χ0n) is 11.2. The highest BCUT2D eigenvalue weighted by molar-refractivity contribution is 7.89. The summed E-state index contributed by atoms with van der Waals surface area (Å²) in [5.41, 5.74) is 1.66. The lowest BCUT2D eigenvalue weighted by Crippen LogP contribution is -2.33. The molecule has 0 saturated heterocycles. The number of carbonyl (C=O) groups excluding carboxylic acids is 1. The number of benzene rings is 1. The van der Waals surface area contributed by atoms with E-state index < -0.39 is 10.0 Å². The first-order chi connectivity index (χ1) is 9.45. The van der Waals surface area contributed by atoms with Gasteiger partial charge in [0.25, 0.3) is 0 Å². The zero-order valence-corrected chi connectivity index (χ0v) is 12.0. The van der Waals surface area contributed by atoms with E-state index in [4.69, 9.17) is 6.42 Å². The van der Waals surface area contributed by atoms with Crippen LogP contribution in [0.1, 0.15) is 18.9 Å². The van der Waals surface area contributed by atoms with Crippen molar-refractivity contribution in [2.45, 2.75) is 24.7 Å². The van der Waals surface area contributed by atoms with Gasteiger partial charge >= 0.3 is 0 Å². The number of anilines is 1. The van der Waals surface area contributed by atoms with Crippen LogP contribution in [-0.2, 0) is 21.2 Å². The normalized spacial score (nSPS) is 14.5. The van der Waals surface area contributed by atoms with Gasteiger partial charge in [0.05, 0.1) is 11.4 Å².